The van der Waals surface area contributed by atoms with Crippen molar-refractivity contribution in [2.75, 3.05) is 109 Å². The molecule has 34 heteroatoms. The lowest BCUT2D eigenvalue weighted by atomic mass is 10.0. The number of rotatable bonds is 37. The SMILES string of the molecule is CSCC[C@H](NC(=O)[C@H](CC(C)C)N=C([O-])CNC(=O)[C@@H](NC(=O)[C@H](C)NC(=O)[C@H](Cc1c[nH]c2ccccc12)NC(=O)[C@H](CCC(=N)[O-])NC(=O)c1ccc(NC(=O)CN=C([O-])CN2CCN(CC(=O)O)CCN(CC(=O)O)CCN(CC(=O)O)CC2)cc1)C(C)C)C(N)=O. The number of nitrogens with one attached hydrogen (secondary N) is 9. The zero-order valence-corrected chi connectivity index (χ0v) is 55.5. The number of aromatic nitrogens is 1. The first kappa shape index (κ1) is 79.2. The van der Waals surface area contributed by atoms with Crippen LogP contribution in [0, 0.1) is 17.2 Å². The summed E-state index contributed by atoms with van der Waals surface area (Å²) in [6.45, 7) is 6.80. The first-order chi connectivity index (χ1) is 45.4. The Hall–Kier alpha value is -9.25. The molecule has 0 radical (unpaired) electrons. The Balaban J connectivity index is 1.44. The third kappa shape index (κ3) is 28.8. The van der Waals surface area contributed by atoms with Gasteiger partial charge < -0.3 is 84.0 Å². The number of hydrogen-bond donors (Lipinski definition) is 13. The maximum absolute atomic E-state index is 14.3. The average molecular weight is 1360 g/mol. The smallest absolute Gasteiger partial charge is 0.317 e. The van der Waals surface area contributed by atoms with E-state index in [0.717, 1.165) is 0 Å². The molecular formula is C62H89N16O17S-3. The van der Waals surface area contributed by atoms with Crippen LogP contribution in [0.2, 0.25) is 0 Å². The number of benzene rings is 2. The molecule has 4 rings (SSSR count). The highest BCUT2D eigenvalue weighted by Gasteiger charge is 2.33. The summed E-state index contributed by atoms with van der Waals surface area (Å²) in [4.78, 5) is 160. The van der Waals surface area contributed by atoms with Gasteiger partial charge in [0.25, 0.3) is 5.91 Å². The summed E-state index contributed by atoms with van der Waals surface area (Å²) in [5, 5.41) is 92.9. The Morgan fingerprint density at radius 3 is 1.71 bits per heavy atom. The molecule has 2 heterocycles. The number of anilines is 1. The normalized spacial score (nSPS) is 16.1. The van der Waals surface area contributed by atoms with Crippen LogP contribution in [0.15, 0.2) is 64.7 Å². The molecule has 0 bridgehead atoms. The minimum Gasteiger partial charge on any atom is -0.862 e. The molecule has 0 spiro atoms. The molecule has 8 amide bonds. The maximum atomic E-state index is 14.3. The first-order valence-electron chi connectivity index (χ1n) is 31.2. The van der Waals surface area contributed by atoms with Gasteiger partial charge in [0.1, 0.15) is 42.8 Å². The van der Waals surface area contributed by atoms with E-state index in [4.69, 9.17) is 11.1 Å². The fraction of sp³-hybridized carbons (Fsp3) is 0.548. The minimum absolute atomic E-state index is 0.0356. The molecule has 0 unspecified atom stereocenters. The molecule has 1 aliphatic heterocycles. The largest absolute Gasteiger partial charge is 0.862 e. The summed E-state index contributed by atoms with van der Waals surface area (Å²) < 4.78 is 0. The lowest BCUT2D eigenvalue weighted by Gasteiger charge is -2.33. The quantitative estimate of drug-likeness (QED) is 0.0193. The fourth-order valence-corrected chi connectivity index (χ4v) is 10.5. The second-order valence-electron chi connectivity index (χ2n) is 23.8. The molecule has 528 valence electrons. The standard InChI is InChI=1S/C62H92N16O17S/c1-36(2)27-46(61(94)71-44(56(64)89)17-26-96-6)70-50(81)31-67-62(95)55(37(3)4)74-57(90)38(5)68-60(93)47(28-40-29-65-43-10-8-7-9-42(40)43)73-59(92)45(15-16-48(63)79)72-58(91)39-11-13-41(14-12-39)69-49(80)30-66-51(82)32-75-18-20-76(33-52(83)84)22-24-78(35-54(87)88)25-23-77(21-19-75)34-53(85)86/h7-14,29,36-38,44-47,55,65H,15-28,30-35H2,1-6H3,(H2,63,79)(H2,64,89)(H,66,82)(H,67,95)(H,68,93)(H,69,80)(H,70,81)(H,71,94)(H,72,91)(H,73,92)(H,74,90)(H,83,84)(H,85,86)(H,87,88)/p-3/t38-,44-,45-,46-,47-,55-/m0/s1. The van der Waals surface area contributed by atoms with Gasteiger partial charge in [-0.1, -0.05) is 45.9 Å². The highest BCUT2D eigenvalue weighted by atomic mass is 32.2. The van der Waals surface area contributed by atoms with Crippen molar-refractivity contribution in [3.05, 3.63) is 65.9 Å². The Morgan fingerprint density at radius 1 is 0.646 bits per heavy atom. The van der Waals surface area contributed by atoms with Crippen molar-refractivity contribution in [2.45, 2.75) is 103 Å². The van der Waals surface area contributed by atoms with Crippen LogP contribution in [0.3, 0.4) is 0 Å². The van der Waals surface area contributed by atoms with E-state index in [-0.39, 0.29) is 115 Å². The van der Waals surface area contributed by atoms with Gasteiger partial charge in [0.05, 0.1) is 19.6 Å². The van der Waals surface area contributed by atoms with Crippen LogP contribution in [0.1, 0.15) is 76.2 Å². The van der Waals surface area contributed by atoms with E-state index >= 15 is 0 Å². The third-order valence-corrected chi connectivity index (χ3v) is 15.8. The Kier molecular flexibility index (Phi) is 33.2. The van der Waals surface area contributed by atoms with Crippen molar-refractivity contribution >= 4 is 111 Å². The Bertz CT molecular complexity index is 3200. The Morgan fingerprint density at radius 2 is 1.19 bits per heavy atom. The van der Waals surface area contributed by atoms with Crippen molar-refractivity contribution in [1.29, 1.82) is 5.41 Å². The number of aromatic amines is 1. The molecule has 6 atom stereocenters. The minimum atomic E-state index is -1.53. The fourth-order valence-electron chi connectivity index (χ4n) is 10.0. The zero-order chi connectivity index (χ0) is 71.2. The summed E-state index contributed by atoms with van der Waals surface area (Å²) in [5.74, 6) is -12.6. The number of hydrogen-bond acceptors (Lipinski definition) is 22. The van der Waals surface area contributed by atoms with Gasteiger partial charge in [0, 0.05) is 100 Å². The van der Waals surface area contributed by atoms with E-state index in [2.05, 4.69) is 52.2 Å². The molecule has 1 aliphatic rings. The van der Waals surface area contributed by atoms with Gasteiger partial charge in [-0.05, 0) is 110 Å². The molecule has 0 aliphatic carbocycles. The number of para-hydroxylation sites is 1. The number of aliphatic carboxylic acids is 3. The van der Waals surface area contributed by atoms with Gasteiger partial charge in [-0.2, -0.15) is 11.8 Å². The average Bonchev–Trinajstić information content (AvgIpc) is 1.56. The number of primary amides is 1. The van der Waals surface area contributed by atoms with Crippen molar-refractivity contribution in [1.82, 2.24) is 56.5 Å². The van der Waals surface area contributed by atoms with Crippen LogP contribution in [-0.4, -0.2) is 263 Å². The second-order valence-corrected chi connectivity index (χ2v) is 24.8. The van der Waals surface area contributed by atoms with Crippen molar-refractivity contribution in [3.8, 4) is 0 Å². The number of H-pyrrole nitrogens is 1. The van der Waals surface area contributed by atoms with Crippen LogP contribution < -0.4 is 58.3 Å². The monoisotopic (exact) mass is 1360 g/mol. The molecular weight excluding hydrogens is 1270 g/mol. The molecule has 96 heavy (non-hydrogen) atoms. The van der Waals surface area contributed by atoms with Crippen LogP contribution in [0.4, 0.5) is 5.69 Å². The van der Waals surface area contributed by atoms with E-state index in [1.54, 1.807) is 63.9 Å². The number of thioether (sulfide) groups is 1. The number of amides is 8. The molecule has 1 saturated heterocycles. The number of aliphatic imine (C=N–C) groups is 2. The zero-order valence-electron chi connectivity index (χ0n) is 54.7. The van der Waals surface area contributed by atoms with Gasteiger partial charge in [-0.15, -0.1) is 0 Å². The van der Waals surface area contributed by atoms with Gasteiger partial charge in [0.2, 0.25) is 41.4 Å². The molecule has 1 aromatic heterocycles. The number of carboxylic acid groups (broad SMARTS) is 3. The summed E-state index contributed by atoms with van der Waals surface area (Å²) in [6, 6.07) is 4.58. The molecule has 33 nitrogen and oxygen atoms in total. The first-order valence-corrected chi connectivity index (χ1v) is 32.6. The van der Waals surface area contributed by atoms with E-state index in [1.165, 1.54) is 43.0 Å². The summed E-state index contributed by atoms with van der Waals surface area (Å²) in [6.07, 6.45) is 2.77. The number of nitrogens with zero attached hydrogens (tertiary/aromatic N) is 6. The number of fused-ring (bicyclic) bond motifs is 1. The van der Waals surface area contributed by atoms with Crippen LogP contribution in [0.25, 0.3) is 10.9 Å². The van der Waals surface area contributed by atoms with E-state index in [0.29, 0.717) is 22.2 Å². The van der Waals surface area contributed by atoms with Crippen molar-refractivity contribution in [2.24, 2.45) is 27.6 Å². The maximum Gasteiger partial charge on any atom is 0.317 e. The number of carboxylic acids is 3. The summed E-state index contributed by atoms with van der Waals surface area (Å²) in [7, 11) is 0. The lowest BCUT2D eigenvalue weighted by Crippen LogP contribution is -2.59. The predicted octanol–water partition coefficient (Wildman–Crippen LogP) is -4.06. The van der Waals surface area contributed by atoms with Crippen molar-refractivity contribution in [3.63, 3.8) is 0 Å². The van der Waals surface area contributed by atoms with Gasteiger partial charge in [-0.25, -0.2) is 0 Å². The van der Waals surface area contributed by atoms with E-state index in [1.807, 2.05) is 20.1 Å². The predicted molar refractivity (Wildman–Crippen MR) is 350 cm³/mol. The molecule has 14 N–H and O–H groups in total. The van der Waals surface area contributed by atoms with Gasteiger partial charge in [0.15, 0.2) is 0 Å². The third-order valence-electron chi connectivity index (χ3n) is 15.2. The summed E-state index contributed by atoms with van der Waals surface area (Å²) >= 11 is 1.45. The van der Waals surface area contributed by atoms with E-state index < -0.39 is 151 Å². The highest BCUT2D eigenvalue weighted by molar-refractivity contribution is 7.98. The van der Waals surface area contributed by atoms with Crippen LogP contribution in [-0.2, 0) is 54.4 Å². The number of carbonyl (C=O) groups excluding carboxylic acids is 8. The topological polar surface area (TPSA) is 505 Å². The van der Waals surface area contributed by atoms with E-state index in [9.17, 15) is 83.4 Å². The molecule has 0 saturated carbocycles. The number of carbonyl (C=O) groups is 11. The van der Waals surface area contributed by atoms with Crippen LogP contribution >= 0.6 is 11.8 Å². The lowest BCUT2D eigenvalue weighted by molar-refractivity contribution is -0.221. The van der Waals surface area contributed by atoms with Gasteiger partial charge in [-0.3, -0.25) is 82.3 Å². The summed E-state index contributed by atoms with van der Waals surface area (Å²) in [5.41, 5.74) is 6.88. The molecule has 2 aromatic carbocycles. The molecule has 3 aromatic rings. The number of nitrogens with two attached hydrogens (primary N) is 1. The molecule has 1 fully saturated rings. The van der Waals surface area contributed by atoms with Gasteiger partial charge >= 0.3 is 17.9 Å². The Labute approximate surface area is 559 Å². The highest BCUT2D eigenvalue weighted by Crippen LogP contribution is 2.20. The van der Waals surface area contributed by atoms with Crippen LogP contribution in [0.5, 0.6) is 0 Å². The second kappa shape index (κ2) is 40.2. The van der Waals surface area contributed by atoms with Crippen molar-refractivity contribution < 1.29 is 83.4 Å².